The van der Waals surface area contributed by atoms with Gasteiger partial charge in [0, 0.05) is 0 Å². The number of nitrogens with zero attached hydrogens (tertiary/aromatic N) is 2. The molecule has 0 fully saturated rings. The Morgan fingerprint density at radius 3 is 2.28 bits per heavy atom. The Balaban J connectivity index is 0.000000771. The van der Waals surface area contributed by atoms with Crippen molar-refractivity contribution in [1.82, 2.24) is 4.98 Å². The van der Waals surface area contributed by atoms with E-state index >= 15 is 0 Å². The minimum absolute atomic E-state index is 0.0194. The van der Waals surface area contributed by atoms with Crippen LogP contribution in [0.2, 0.25) is 10.0 Å². The summed E-state index contributed by atoms with van der Waals surface area (Å²) >= 11 is 11.9. The summed E-state index contributed by atoms with van der Waals surface area (Å²) in [6.07, 6.45) is 0. The van der Waals surface area contributed by atoms with Crippen molar-refractivity contribution in [1.29, 1.82) is 5.26 Å². The number of benzene rings is 1. The number of hydrogen-bond acceptors (Lipinski definition) is 4. The van der Waals surface area contributed by atoms with Crippen LogP contribution in [0.1, 0.15) is 19.5 Å². The van der Waals surface area contributed by atoms with Crippen molar-refractivity contribution in [2.75, 3.05) is 5.73 Å². The minimum atomic E-state index is -0.0477. The maximum absolute atomic E-state index is 8.70. The number of nitrogens with two attached hydrogens (primary N) is 1. The predicted molar refractivity (Wildman–Crippen MR) is 72.4 cm³/mol. The molecule has 0 bridgehead atoms. The van der Waals surface area contributed by atoms with Crippen molar-refractivity contribution in [2.24, 2.45) is 0 Å². The van der Waals surface area contributed by atoms with E-state index in [0.717, 1.165) is 0 Å². The predicted octanol–water partition coefficient (Wildman–Crippen LogP) is 4.13. The highest BCUT2D eigenvalue weighted by Crippen LogP contribution is 2.35. The Labute approximate surface area is 115 Å². The van der Waals surface area contributed by atoms with E-state index in [1.165, 1.54) is 0 Å². The van der Waals surface area contributed by atoms with E-state index in [1.54, 1.807) is 18.2 Å². The highest BCUT2D eigenvalue weighted by Gasteiger charge is 2.16. The van der Waals surface area contributed by atoms with Gasteiger partial charge in [-0.25, -0.2) is 0 Å². The first kappa shape index (κ1) is 14.4. The summed E-state index contributed by atoms with van der Waals surface area (Å²) in [7, 11) is 0. The quantitative estimate of drug-likeness (QED) is 0.854. The average Bonchev–Trinajstić information content (AvgIpc) is 2.72. The van der Waals surface area contributed by atoms with Crippen LogP contribution in [0.15, 0.2) is 22.6 Å². The van der Waals surface area contributed by atoms with Gasteiger partial charge in [0.25, 0.3) is 0 Å². The molecule has 0 aliphatic carbocycles. The van der Waals surface area contributed by atoms with Gasteiger partial charge in [0.1, 0.15) is 6.07 Å². The van der Waals surface area contributed by atoms with Gasteiger partial charge >= 0.3 is 0 Å². The van der Waals surface area contributed by atoms with Gasteiger partial charge in [0.15, 0.2) is 0 Å². The molecule has 4 nitrogen and oxygen atoms in total. The van der Waals surface area contributed by atoms with Gasteiger partial charge in [0.05, 0.1) is 15.6 Å². The molecule has 18 heavy (non-hydrogen) atoms. The SMILES string of the molecule is CC.N#Cc1nc(-c2c(Cl)cccc2Cl)oc1N. The number of nitriles is 1. The Kier molecular flexibility index (Phi) is 5.02. The van der Waals surface area contributed by atoms with E-state index in [2.05, 4.69) is 4.98 Å². The highest BCUT2D eigenvalue weighted by molar-refractivity contribution is 6.38. The van der Waals surface area contributed by atoms with Crippen molar-refractivity contribution in [2.45, 2.75) is 13.8 Å². The van der Waals surface area contributed by atoms with Crippen LogP contribution < -0.4 is 5.73 Å². The first-order valence-corrected chi connectivity index (χ1v) is 6.00. The molecular formula is C12H11Cl2N3O. The van der Waals surface area contributed by atoms with Gasteiger partial charge in [-0.2, -0.15) is 10.2 Å². The third-order valence-electron chi connectivity index (χ3n) is 1.94. The number of anilines is 1. The second-order valence-corrected chi connectivity index (χ2v) is 3.75. The van der Waals surface area contributed by atoms with E-state index in [0.29, 0.717) is 15.6 Å². The number of nitrogen functional groups attached to an aromatic ring is 1. The van der Waals surface area contributed by atoms with Crippen molar-refractivity contribution in [3.8, 4) is 17.5 Å². The Bertz CT molecular complexity index is 567. The van der Waals surface area contributed by atoms with Gasteiger partial charge < -0.3 is 10.2 Å². The first-order chi connectivity index (χ1) is 8.63. The molecule has 1 heterocycles. The molecule has 94 valence electrons. The van der Waals surface area contributed by atoms with Crippen LogP contribution in [0, 0.1) is 11.3 Å². The standard InChI is InChI=1S/C10H5Cl2N3O.C2H6/c11-5-2-1-3-6(12)8(5)10-15-7(4-13)9(14)16-10;1-2/h1-3H,14H2;1-2H3. The maximum Gasteiger partial charge on any atom is 0.233 e. The average molecular weight is 284 g/mol. The smallest absolute Gasteiger partial charge is 0.233 e. The van der Waals surface area contributed by atoms with Crippen LogP contribution in [-0.2, 0) is 0 Å². The van der Waals surface area contributed by atoms with E-state index in [1.807, 2.05) is 19.9 Å². The Morgan fingerprint density at radius 2 is 1.83 bits per heavy atom. The lowest BCUT2D eigenvalue weighted by molar-refractivity contribution is 0.594. The Morgan fingerprint density at radius 1 is 1.28 bits per heavy atom. The second-order valence-electron chi connectivity index (χ2n) is 2.94. The van der Waals surface area contributed by atoms with Crippen LogP contribution in [0.5, 0.6) is 0 Å². The molecule has 6 heteroatoms. The van der Waals surface area contributed by atoms with Crippen LogP contribution in [0.3, 0.4) is 0 Å². The molecule has 0 aliphatic heterocycles. The van der Waals surface area contributed by atoms with Gasteiger partial charge in [-0.1, -0.05) is 43.1 Å². The van der Waals surface area contributed by atoms with Crippen molar-refractivity contribution in [3.63, 3.8) is 0 Å². The molecule has 1 aromatic carbocycles. The molecule has 1 aromatic heterocycles. The van der Waals surface area contributed by atoms with E-state index < -0.39 is 0 Å². The molecule has 0 spiro atoms. The lowest BCUT2D eigenvalue weighted by atomic mass is 10.2. The number of hydrogen-bond donors (Lipinski definition) is 1. The molecule has 0 unspecified atom stereocenters. The first-order valence-electron chi connectivity index (χ1n) is 5.24. The molecular weight excluding hydrogens is 273 g/mol. The van der Waals surface area contributed by atoms with E-state index in [-0.39, 0.29) is 17.5 Å². The largest absolute Gasteiger partial charge is 0.419 e. The molecule has 0 radical (unpaired) electrons. The molecule has 0 atom stereocenters. The summed E-state index contributed by atoms with van der Waals surface area (Å²) in [4.78, 5) is 3.90. The minimum Gasteiger partial charge on any atom is -0.419 e. The van der Waals surface area contributed by atoms with Gasteiger partial charge in [-0.3, -0.25) is 0 Å². The third kappa shape index (κ3) is 2.76. The number of halogens is 2. The van der Waals surface area contributed by atoms with Crippen LogP contribution >= 0.6 is 23.2 Å². The zero-order chi connectivity index (χ0) is 13.7. The molecule has 0 aliphatic rings. The third-order valence-corrected chi connectivity index (χ3v) is 2.57. The van der Waals surface area contributed by atoms with E-state index in [9.17, 15) is 0 Å². The van der Waals surface area contributed by atoms with Crippen molar-refractivity contribution >= 4 is 29.1 Å². The fourth-order valence-electron chi connectivity index (χ4n) is 1.22. The molecule has 0 saturated carbocycles. The molecule has 0 amide bonds. The summed E-state index contributed by atoms with van der Waals surface area (Å²) in [5.74, 6) is 0.0955. The normalized spacial score (nSPS) is 9.28. The fraction of sp³-hybridized carbons (Fsp3) is 0.167. The van der Waals surface area contributed by atoms with Crippen molar-refractivity contribution < 1.29 is 4.42 Å². The van der Waals surface area contributed by atoms with Crippen LogP contribution in [-0.4, -0.2) is 4.98 Å². The lowest BCUT2D eigenvalue weighted by Gasteiger charge is -2.00. The van der Waals surface area contributed by atoms with Gasteiger partial charge in [-0.15, -0.1) is 0 Å². The summed E-state index contributed by atoms with van der Waals surface area (Å²) in [6.45, 7) is 4.00. The highest BCUT2D eigenvalue weighted by atomic mass is 35.5. The molecule has 2 aromatic rings. The summed E-state index contributed by atoms with van der Waals surface area (Å²) < 4.78 is 5.13. The molecule has 2 N–H and O–H groups in total. The molecule has 2 rings (SSSR count). The van der Waals surface area contributed by atoms with E-state index in [4.69, 9.17) is 38.6 Å². The zero-order valence-corrected chi connectivity index (χ0v) is 11.4. The topological polar surface area (TPSA) is 75.8 Å². The Hall–Kier alpha value is -1.70. The molecule has 0 saturated heterocycles. The van der Waals surface area contributed by atoms with Gasteiger partial charge in [-0.05, 0) is 12.1 Å². The van der Waals surface area contributed by atoms with Crippen LogP contribution in [0.4, 0.5) is 5.88 Å². The number of oxazole rings is 1. The summed E-state index contributed by atoms with van der Waals surface area (Å²) in [5, 5.41) is 9.47. The number of aromatic nitrogens is 1. The summed E-state index contributed by atoms with van der Waals surface area (Å²) in [6, 6.07) is 6.80. The van der Waals surface area contributed by atoms with Crippen molar-refractivity contribution in [3.05, 3.63) is 33.9 Å². The maximum atomic E-state index is 8.70. The zero-order valence-electron chi connectivity index (χ0n) is 9.87. The summed E-state index contributed by atoms with van der Waals surface area (Å²) in [5.41, 5.74) is 5.90. The van der Waals surface area contributed by atoms with Crippen LogP contribution in [0.25, 0.3) is 11.5 Å². The van der Waals surface area contributed by atoms with Gasteiger partial charge in [0.2, 0.25) is 17.5 Å². The second kappa shape index (κ2) is 6.29. The monoisotopic (exact) mass is 283 g/mol. The lowest BCUT2D eigenvalue weighted by Crippen LogP contribution is -1.84. The fourth-order valence-corrected chi connectivity index (χ4v) is 1.78. The number of rotatable bonds is 1.